The van der Waals surface area contributed by atoms with Crippen molar-refractivity contribution in [3.8, 4) is 11.6 Å². The Bertz CT molecular complexity index is 920. The summed E-state index contributed by atoms with van der Waals surface area (Å²) in [4.78, 5) is 18.3. The van der Waals surface area contributed by atoms with Gasteiger partial charge >= 0.3 is 12.2 Å². The van der Waals surface area contributed by atoms with Gasteiger partial charge in [-0.05, 0) is 43.0 Å². The Morgan fingerprint density at radius 1 is 1.22 bits per heavy atom. The first-order chi connectivity index (χ1) is 15.3. The number of aromatic nitrogens is 1. The fourth-order valence-electron chi connectivity index (χ4n) is 3.31. The predicted octanol–water partition coefficient (Wildman–Crippen LogP) is 5.52. The summed E-state index contributed by atoms with van der Waals surface area (Å²) in [5.41, 5.74) is 2.73. The number of alkyl halides is 3. The minimum atomic E-state index is -4.16. The molecule has 2 amide bonds. The van der Waals surface area contributed by atoms with Crippen LogP contribution in [0.2, 0.25) is 0 Å². The fourth-order valence-corrected chi connectivity index (χ4v) is 3.31. The van der Waals surface area contributed by atoms with Crippen LogP contribution in [0.1, 0.15) is 31.2 Å². The molecule has 2 heterocycles. The molecule has 2 aromatic rings. The number of nitrogens with zero attached hydrogens (tertiary/aromatic N) is 2. The number of nitrogens with one attached hydrogen (secondary N) is 1. The van der Waals surface area contributed by atoms with Crippen molar-refractivity contribution in [2.75, 3.05) is 32.1 Å². The van der Waals surface area contributed by atoms with Gasteiger partial charge < -0.3 is 19.7 Å². The number of hydrogen-bond acceptors (Lipinski definition) is 4. The van der Waals surface area contributed by atoms with Crippen LogP contribution in [-0.4, -0.2) is 48.9 Å². The van der Waals surface area contributed by atoms with Gasteiger partial charge in [0.05, 0.1) is 25.6 Å². The molecule has 1 fully saturated rings. The van der Waals surface area contributed by atoms with Crippen molar-refractivity contribution < 1.29 is 27.4 Å². The lowest BCUT2D eigenvalue weighted by atomic mass is 10.0. The van der Waals surface area contributed by atoms with E-state index in [9.17, 15) is 18.0 Å². The number of urea groups is 1. The molecule has 3 rings (SSSR count). The molecule has 0 atom stereocenters. The van der Waals surface area contributed by atoms with Gasteiger partial charge in [-0.15, -0.1) is 0 Å². The number of anilines is 1. The maximum Gasteiger partial charge on any atom is 0.389 e. The van der Waals surface area contributed by atoms with E-state index in [0.29, 0.717) is 30.4 Å². The molecule has 1 aliphatic rings. The number of halogens is 3. The van der Waals surface area contributed by atoms with Gasteiger partial charge in [0.25, 0.3) is 0 Å². The quantitative estimate of drug-likeness (QED) is 0.565. The molecule has 1 saturated heterocycles. The normalized spacial score (nSPS) is 14.1. The summed E-state index contributed by atoms with van der Waals surface area (Å²) in [6.45, 7) is 1.21. The second-order valence-electron chi connectivity index (χ2n) is 7.45. The van der Waals surface area contributed by atoms with Crippen molar-refractivity contribution in [1.29, 1.82) is 0 Å². The lowest BCUT2D eigenvalue weighted by Crippen LogP contribution is -2.39. The number of carbonyl (C=O) groups excluding carboxylic acids is 1. The van der Waals surface area contributed by atoms with E-state index in [1.54, 1.807) is 29.3 Å². The van der Waals surface area contributed by atoms with Crippen molar-refractivity contribution in [3.63, 3.8) is 0 Å². The highest BCUT2D eigenvalue weighted by atomic mass is 19.4. The molecule has 9 heteroatoms. The third kappa shape index (κ3) is 7.47. The van der Waals surface area contributed by atoms with Crippen molar-refractivity contribution in [3.05, 3.63) is 53.7 Å². The molecule has 1 aromatic carbocycles. The highest BCUT2D eigenvalue weighted by Gasteiger charge is 2.26. The van der Waals surface area contributed by atoms with Gasteiger partial charge in [0, 0.05) is 25.6 Å². The van der Waals surface area contributed by atoms with Gasteiger partial charge in [-0.2, -0.15) is 13.2 Å². The van der Waals surface area contributed by atoms with Crippen LogP contribution in [0.15, 0.2) is 48.2 Å². The Morgan fingerprint density at radius 2 is 2.00 bits per heavy atom. The number of ether oxygens (including phenoxy) is 2. The van der Waals surface area contributed by atoms with E-state index >= 15 is 0 Å². The Balaban J connectivity index is 1.47. The lowest BCUT2D eigenvalue weighted by Gasteiger charge is -2.28. The third-order valence-corrected chi connectivity index (χ3v) is 4.99. The second kappa shape index (κ2) is 10.9. The Hall–Kier alpha value is -3.23. The first kappa shape index (κ1) is 23.4. The Kier molecular flexibility index (Phi) is 7.97. The SMILES string of the molecule is COc1ccc(NC(=O)N2CCC(=Cc3cccc(OCCCC(F)(F)F)c3)CC2)cn1. The summed E-state index contributed by atoms with van der Waals surface area (Å²) >= 11 is 0. The largest absolute Gasteiger partial charge is 0.494 e. The molecule has 6 nitrogen and oxygen atoms in total. The number of carbonyl (C=O) groups is 1. The van der Waals surface area contributed by atoms with Gasteiger partial charge in [-0.3, -0.25) is 0 Å². The summed E-state index contributed by atoms with van der Waals surface area (Å²) in [7, 11) is 1.53. The number of hydrogen-bond donors (Lipinski definition) is 1. The van der Waals surface area contributed by atoms with Crippen LogP contribution in [0.25, 0.3) is 6.08 Å². The van der Waals surface area contributed by atoms with E-state index in [-0.39, 0.29) is 19.1 Å². The number of pyridine rings is 1. The van der Waals surface area contributed by atoms with Crippen LogP contribution in [0, 0.1) is 0 Å². The van der Waals surface area contributed by atoms with Crippen LogP contribution >= 0.6 is 0 Å². The first-order valence-electron chi connectivity index (χ1n) is 10.4. The molecule has 1 aromatic heterocycles. The smallest absolute Gasteiger partial charge is 0.389 e. The monoisotopic (exact) mass is 449 g/mol. The molecular weight excluding hydrogens is 423 g/mol. The number of methoxy groups -OCH3 is 1. The molecule has 0 saturated carbocycles. The predicted molar refractivity (Wildman–Crippen MR) is 116 cm³/mol. The lowest BCUT2D eigenvalue weighted by molar-refractivity contribution is -0.136. The zero-order chi connectivity index (χ0) is 23.0. The van der Waals surface area contributed by atoms with Crippen LogP contribution in [-0.2, 0) is 0 Å². The molecule has 1 N–H and O–H groups in total. The number of rotatable bonds is 7. The van der Waals surface area contributed by atoms with Gasteiger partial charge in [0.2, 0.25) is 5.88 Å². The minimum Gasteiger partial charge on any atom is -0.494 e. The average Bonchev–Trinajstić information content (AvgIpc) is 2.77. The number of piperidine rings is 1. The van der Waals surface area contributed by atoms with Crippen molar-refractivity contribution >= 4 is 17.8 Å². The summed E-state index contributed by atoms with van der Waals surface area (Å²) in [6, 6.07) is 10.5. The van der Waals surface area contributed by atoms with Gasteiger partial charge in [0.1, 0.15) is 5.75 Å². The third-order valence-electron chi connectivity index (χ3n) is 4.99. The molecule has 0 aliphatic carbocycles. The van der Waals surface area contributed by atoms with Gasteiger partial charge in [0.15, 0.2) is 0 Å². The molecule has 0 radical (unpaired) electrons. The van der Waals surface area contributed by atoms with Gasteiger partial charge in [-0.25, -0.2) is 9.78 Å². The van der Waals surface area contributed by atoms with Crippen LogP contribution in [0.5, 0.6) is 11.6 Å². The highest BCUT2D eigenvalue weighted by Crippen LogP contribution is 2.24. The van der Waals surface area contributed by atoms with Crippen LogP contribution in [0.3, 0.4) is 0 Å². The van der Waals surface area contributed by atoms with Gasteiger partial charge in [-0.1, -0.05) is 23.8 Å². The zero-order valence-corrected chi connectivity index (χ0v) is 17.8. The topological polar surface area (TPSA) is 63.7 Å². The van der Waals surface area contributed by atoms with Crippen molar-refractivity contribution in [1.82, 2.24) is 9.88 Å². The standard InChI is InChI=1S/C23H26F3N3O3/c1-31-21-7-6-19(16-27-21)28-22(30)29-11-8-17(9-12-29)14-18-4-2-5-20(15-18)32-13-3-10-23(24,25)26/h2,4-7,14-16H,3,8-13H2,1H3,(H,28,30). The number of likely N-dealkylation sites (tertiary alicyclic amines) is 1. The van der Waals surface area contributed by atoms with E-state index in [1.165, 1.54) is 12.7 Å². The molecule has 0 bridgehead atoms. The van der Waals surface area contributed by atoms with Crippen molar-refractivity contribution in [2.24, 2.45) is 0 Å². The summed E-state index contributed by atoms with van der Waals surface area (Å²) in [5, 5.41) is 2.83. The fraction of sp³-hybridized carbons (Fsp3) is 0.391. The van der Waals surface area contributed by atoms with E-state index in [1.807, 2.05) is 24.3 Å². The summed E-state index contributed by atoms with van der Waals surface area (Å²) in [5.74, 6) is 1.03. The molecule has 32 heavy (non-hydrogen) atoms. The van der Waals surface area contributed by atoms with E-state index in [2.05, 4.69) is 10.3 Å². The van der Waals surface area contributed by atoms with Crippen molar-refractivity contribution in [2.45, 2.75) is 31.9 Å². The van der Waals surface area contributed by atoms with E-state index in [0.717, 1.165) is 18.4 Å². The average molecular weight is 449 g/mol. The molecular formula is C23H26F3N3O3. The number of benzene rings is 1. The maximum absolute atomic E-state index is 12.5. The zero-order valence-electron chi connectivity index (χ0n) is 17.8. The molecule has 172 valence electrons. The van der Waals surface area contributed by atoms with E-state index < -0.39 is 12.6 Å². The highest BCUT2D eigenvalue weighted by molar-refractivity contribution is 5.89. The Morgan fingerprint density at radius 3 is 2.66 bits per heavy atom. The number of amides is 2. The first-order valence-corrected chi connectivity index (χ1v) is 10.4. The summed E-state index contributed by atoms with van der Waals surface area (Å²) < 4.78 is 47.1. The summed E-state index contributed by atoms with van der Waals surface area (Å²) in [6.07, 6.45) is -0.00661. The van der Waals surface area contributed by atoms with Crippen LogP contribution in [0.4, 0.5) is 23.7 Å². The second-order valence-corrected chi connectivity index (χ2v) is 7.45. The molecule has 0 unspecified atom stereocenters. The minimum absolute atomic E-state index is 0.0212. The maximum atomic E-state index is 12.5. The van der Waals surface area contributed by atoms with Crippen LogP contribution < -0.4 is 14.8 Å². The van der Waals surface area contributed by atoms with E-state index in [4.69, 9.17) is 9.47 Å². The molecule has 0 spiro atoms. The molecule has 1 aliphatic heterocycles. The Labute approximate surface area is 185 Å².